The highest BCUT2D eigenvalue weighted by molar-refractivity contribution is 5.92. The molecule has 7 heteroatoms. The molecular formula is C12H20N4O3. The van der Waals surface area contributed by atoms with Crippen molar-refractivity contribution in [2.45, 2.75) is 13.0 Å². The molecule has 0 spiro atoms. The molecule has 0 bridgehead atoms. The first-order chi connectivity index (χ1) is 9.08. The normalized spacial score (nSPS) is 12.0. The number of amides is 1. The first kappa shape index (κ1) is 15.3. The van der Waals surface area contributed by atoms with Crippen LogP contribution in [0.15, 0.2) is 12.1 Å². The summed E-state index contributed by atoms with van der Waals surface area (Å²) >= 11 is 0. The Morgan fingerprint density at radius 1 is 1.53 bits per heavy atom. The summed E-state index contributed by atoms with van der Waals surface area (Å²) in [5.41, 5.74) is 0.244. The van der Waals surface area contributed by atoms with Gasteiger partial charge in [-0.2, -0.15) is 0 Å². The van der Waals surface area contributed by atoms with Crippen molar-refractivity contribution in [3.8, 4) is 0 Å². The van der Waals surface area contributed by atoms with Crippen LogP contribution >= 0.6 is 0 Å². The van der Waals surface area contributed by atoms with Crippen molar-refractivity contribution >= 4 is 11.7 Å². The van der Waals surface area contributed by atoms with Gasteiger partial charge in [0, 0.05) is 27.2 Å². The molecule has 0 aliphatic carbocycles. The van der Waals surface area contributed by atoms with E-state index in [-0.39, 0.29) is 24.8 Å². The molecule has 0 fully saturated rings. The lowest BCUT2D eigenvalue weighted by Crippen LogP contribution is -2.36. The average molecular weight is 268 g/mol. The highest BCUT2D eigenvalue weighted by Gasteiger charge is 2.16. The first-order valence-corrected chi connectivity index (χ1v) is 6.08. The summed E-state index contributed by atoms with van der Waals surface area (Å²) in [6, 6.07) is 3.30. The summed E-state index contributed by atoms with van der Waals surface area (Å²) in [6.45, 7) is 3.06. The monoisotopic (exact) mass is 268 g/mol. The number of hydrogen-bond acceptors (Lipinski definition) is 6. The molecular weight excluding hydrogens is 248 g/mol. The number of ether oxygens (including phenoxy) is 1. The number of likely N-dealkylation sites (N-methyl/N-ethyl adjacent to an activating group) is 1. The van der Waals surface area contributed by atoms with E-state index in [0.29, 0.717) is 5.82 Å². The number of aliphatic hydroxyl groups is 1. The molecule has 0 saturated heterocycles. The number of carbonyl (C=O) groups excluding carboxylic acids is 1. The molecule has 106 valence electrons. The van der Waals surface area contributed by atoms with Gasteiger partial charge in [0.25, 0.3) is 5.91 Å². The number of nitrogens with zero attached hydrogens (tertiary/aromatic N) is 3. The summed E-state index contributed by atoms with van der Waals surface area (Å²) in [7, 11) is 3.09. The van der Waals surface area contributed by atoms with E-state index in [1.807, 2.05) is 6.92 Å². The zero-order valence-electron chi connectivity index (χ0n) is 11.5. The van der Waals surface area contributed by atoms with Crippen molar-refractivity contribution in [2.24, 2.45) is 0 Å². The Morgan fingerprint density at radius 3 is 2.79 bits per heavy atom. The van der Waals surface area contributed by atoms with E-state index < -0.39 is 6.10 Å². The van der Waals surface area contributed by atoms with Crippen LogP contribution in [-0.2, 0) is 4.74 Å². The van der Waals surface area contributed by atoms with Gasteiger partial charge in [0.2, 0.25) is 0 Å². The van der Waals surface area contributed by atoms with Gasteiger partial charge in [-0.3, -0.25) is 4.79 Å². The van der Waals surface area contributed by atoms with Gasteiger partial charge in [0.1, 0.15) is 5.82 Å². The van der Waals surface area contributed by atoms with Crippen LogP contribution in [-0.4, -0.2) is 66.1 Å². The second kappa shape index (κ2) is 7.65. The number of carbonyl (C=O) groups is 1. The lowest BCUT2D eigenvalue weighted by Gasteiger charge is -2.19. The van der Waals surface area contributed by atoms with Crippen LogP contribution in [0.1, 0.15) is 17.4 Å². The quantitative estimate of drug-likeness (QED) is 0.723. The predicted octanol–water partition coefficient (Wildman–Crippen LogP) is -0.0123. The van der Waals surface area contributed by atoms with Crippen LogP contribution in [0.5, 0.6) is 0 Å². The Bertz CT molecular complexity index is 396. The molecule has 1 unspecified atom stereocenters. The van der Waals surface area contributed by atoms with Gasteiger partial charge in [-0.1, -0.05) is 0 Å². The van der Waals surface area contributed by atoms with Crippen LogP contribution in [0.3, 0.4) is 0 Å². The fourth-order valence-corrected chi connectivity index (χ4v) is 1.56. The maximum absolute atomic E-state index is 12.0. The van der Waals surface area contributed by atoms with E-state index >= 15 is 0 Å². The van der Waals surface area contributed by atoms with Crippen molar-refractivity contribution in [1.82, 2.24) is 15.1 Å². The standard InChI is InChI=1S/C12H20N4O3/c1-4-13-11-6-5-10(14-15-11)12(18)16(2)7-9(17)8-19-3/h5-6,9,17H,4,7-8H2,1-3H3,(H,13,15). The number of methoxy groups -OCH3 is 1. The van der Waals surface area contributed by atoms with Crippen LogP contribution < -0.4 is 5.32 Å². The van der Waals surface area contributed by atoms with Crippen molar-refractivity contribution in [1.29, 1.82) is 0 Å². The molecule has 1 atom stereocenters. The van der Waals surface area contributed by atoms with Gasteiger partial charge >= 0.3 is 0 Å². The predicted molar refractivity (Wildman–Crippen MR) is 71.0 cm³/mol. The van der Waals surface area contributed by atoms with E-state index in [2.05, 4.69) is 15.5 Å². The summed E-state index contributed by atoms with van der Waals surface area (Å²) < 4.78 is 4.81. The first-order valence-electron chi connectivity index (χ1n) is 6.08. The van der Waals surface area contributed by atoms with E-state index in [0.717, 1.165) is 6.54 Å². The van der Waals surface area contributed by atoms with Gasteiger partial charge in [0.05, 0.1) is 12.7 Å². The molecule has 2 N–H and O–H groups in total. The van der Waals surface area contributed by atoms with E-state index in [1.165, 1.54) is 12.0 Å². The summed E-state index contributed by atoms with van der Waals surface area (Å²) in [6.07, 6.45) is -0.715. The zero-order chi connectivity index (χ0) is 14.3. The smallest absolute Gasteiger partial charge is 0.274 e. The molecule has 0 radical (unpaired) electrons. The van der Waals surface area contributed by atoms with Crippen LogP contribution in [0.2, 0.25) is 0 Å². The van der Waals surface area contributed by atoms with Gasteiger partial charge in [-0.25, -0.2) is 0 Å². The molecule has 1 rings (SSSR count). The van der Waals surface area contributed by atoms with Crippen LogP contribution in [0, 0.1) is 0 Å². The third kappa shape index (κ3) is 4.80. The SMILES string of the molecule is CCNc1ccc(C(=O)N(C)CC(O)COC)nn1. The third-order valence-electron chi connectivity index (χ3n) is 2.43. The maximum atomic E-state index is 12.0. The largest absolute Gasteiger partial charge is 0.389 e. The maximum Gasteiger partial charge on any atom is 0.274 e. The molecule has 0 aliphatic heterocycles. The van der Waals surface area contributed by atoms with E-state index in [4.69, 9.17) is 4.74 Å². The lowest BCUT2D eigenvalue weighted by atomic mass is 10.3. The van der Waals surface area contributed by atoms with E-state index in [9.17, 15) is 9.90 Å². The number of rotatable bonds is 7. The van der Waals surface area contributed by atoms with Gasteiger partial charge < -0.3 is 20.1 Å². The number of nitrogens with one attached hydrogen (secondary N) is 1. The molecule has 1 aromatic heterocycles. The summed E-state index contributed by atoms with van der Waals surface area (Å²) in [5.74, 6) is 0.340. The van der Waals surface area contributed by atoms with Crippen molar-refractivity contribution < 1.29 is 14.6 Å². The highest BCUT2D eigenvalue weighted by atomic mass is 16.5. The van der Waals surface area contributed by atoms with Crippen molar-refractivity contribution in [3.05, 3.63) is 17.8 Å². The lowest BCUT2D eigenvalue weighted by molar-refractivity contribution is 0.0377. The second-order valence-electron chi connectivity index (χ2n) is 4.13. The van der Waals surface area contributed by atoms with Gasteiger partial charge in [-0.15, -0.1) is 10.2 Å². The molecule has 0 aliphatic rings. The molecule has 0 saturated carbocycles. The molecule has 1 heterocycles. The molecule has 1 aromatic rings. The summed E-state index contributed by atoms with van der Waals surface area (Å²) in [4.78, 5) is 13.4. The van der Waals surface area contributed by atoms with Crippen molar-refractivity contribution in [3.63, 3.8) is 0 Å². The fraction of sp³-hybridized carbons (Fsp3) is 0.583. The Labute approximate surface area is 112 Å². The Hall–Kier alpha value is -1.73. The highest BCUT2D eigenvalue weighted by Crippen LogP contribution is 2.04. The Kier molecular flexibility index (Phi) is 6.17. The average Bonchev–Trinajstić information content (AvgIpc) is 2.39. The number of hydrogen-bond donors (Lipinski definition) is 2. The number of anilines is 1. The number of aliphatic hydroxyl groups excluding tert-OH is 1. The Morgan fingerprint density at radius 2 is 2.26 bits per heavy atom. The number of aromatic nitrogens is 2. The second-order valence-corrected chi connectivity index (χ2v) is 4.13. The van der Waals surface area contributed by atoms with Crippen LogP contribution in [0.4, 0.5) is 5.82 Å². The minimum Gasteiger partial charge on any atom is -0.389 e. The fourth-order valence-electron chi connectivity index (χ4n) is 1.56. The molecule has 19 heavy (non-hydrogen) atoms. The van der Waals surface area contributed by atoms with Crippen LogP contribution in [0.25, 0.3) is 0 Å². The minimum absolute atomic E-state index is 0.183. The summed E-state index contributed by atoms with van der Waals surface area (Å²) in [5, 5.41) is 20.3. The van der Waals surface area contributed by atoms with Gasteiger partial charge in [0.15, 0.2) is 5.69 Å². The molecule has 7 nitrogen and oxygen atoms in total. The third-order valence-corrected chi connectivity index (χ3v) is 2.43. The Balaban J connectivity index is 2.60. The van der Waals surface area contributed by atoms with E-state index in [1.54, 1.807) is 19.2 Å². The van der Waals surface area contributed by atoms with Crippen molar-refractivity contribution in [2.75, 3.05) is 39.2 Å². The van der Waals surface area contributed by atoms with Gasteiger partial charge in [-0.05, 0) is 19.1 Å². The molecule has 0 aromatic carbocycles. The minimum atomic E-state index is -0.715. The molecule has 1 amide bonds. The zero-order valence-corrected chi connectivity index (χ0v) is 11.5. The topological polar surface area (TPSA) is 87.6 Å².